The first-order valence-electron chi connectivity index (χ1n) is 10.7. The molecule has 13 nitrogen and oxygen atoms in total. The molecule has 1 fully saturated rings. The largest absolute Gasteiger partial charge is 0.543 e. The fourth-order valence-electron chi connectivity index (χ4n) is 4.03. The van der Waals surface area contributed by atoms with Gasteiger partial charge in [0.2, 0.25) is 16.4 Å². The maximum Gasteiger partial charge on any atom is 0.278 e. The minimum absolute atomic E-state index is 0.0327. The van der Waals surface area contributed by atoms with Crippen molar-refractivity contribution in [1.29, 1.82) is 0 Å². The minimum Gasteiger partial charge on any atom is -0.543 e. The summed E-state index contributed by atoms with van der Waals surface area (Å²) in [7, 11) is 0. The van der Waals surface area contributed by atoms with E-state index in [2.05, 4.69) is 19.8 Å². The number of nitrogens with one attached hydrogen (secondary N) is 1. The van der Waals surface area contributed by atoms with Gasteiger partial charge in [-0.1, -0.05) is 16.5 Å². The number of nitrogen functional groups attached to an aromatic ring is 1. The third kappa shape index (κ3) is 3.90. The van der Waals surface area contributed by atoms with E-state index < -0.39 is 29.2 Å². The number of rotatable bonds is 7. The van der Waals surface area contributed by atoms with Crippen LogP contribution in [0.1, 0.15) is 25.4 Å². The third-order valence-electron chi connectivity index (χ3n) is 5.62. The van der Waals surface area contributed by atoms with E-state index in [0.717, 1.165) is 27.0 Å². The fourth-order valence-corrected chi connectivity index (χ4v) is 6.81. The fraction of sp³-hybridized carbons (Fsp3) is 0.350. The number of carboxylic acid groups (broad SMARTS) is 1. The number of aromatic nitrogens is 4. The lowest BCUT2D eigenvalue weighted by Crippen LogP contribution is -2.72. The van der Waals surface area contributed by atoms with Crippen LogP contribution in [0.2, 0.25) is 0 Å². The number of thiazole rings is 1. The van der Waals surface area contributed by atoms with Gasteiger partial charge in [-0.05, 0) is 20.8 Å². The Labute approximate surface area is 216 Å². The molecule has 0 aromatic carbocycles. The van der Waals surface area contributed by atoms with Crippen molar-refractivity contribution in [2.24, 2.45) is 5.16 Å². The molecule has 0 bridgehead atoms. The molecule has 2 aliphatic heterocycles. The molecule has 0 radical (unpaired) electrons. The zero-order valence-corrected chi connectivity index (χ0v) is 21.6. The number of nitrogens with zero attached hydrogens (tertiary/aromatic N) is 6. The summed E-state index contributed by atoms with van der Waals surface area (Å²) in [4.78, 5) is 49.4. The molecule has 1 saturated heterocycles. The monoisotopic (exact) mass is 548 g/mol. The van der Waals surface area contributed by atoms with Crippen LogP contribution in [0.25, 0.3) is 10.5 Å². The Balaban J connectivity index is 1.44. The summed E-state index contributed by atoms with van der Waals surface area (Å²) in [5, 5.41) is 19.8. The normalized spacial score (nSPS) is 22.0. The maximum absolute atomic E-state index is 13.1. The van der Waals surface area contributed by atoms with Crippen molar-refractivity contribution in [3.63, 3.8) is 0 Å². The molecular formula is C20H20N8O5S3. The van der Waals surface area contributed by atoms with E-state index in [0.29, 0.717) is 5.70 Å². The van der Waals surface area contributed by atoms with Crippen molar-refractivity contribution in [1.82, 2.24) is 24.0 Å². The molecule has 3 N–H and O–H groups in total. The molecule has 2 aliphatic rings. The summed E-state index contributed by atoms with van der Waals surface area (Å²) in [5.74, 6) is -2.83. The Morgan fingerprint density at radius 1 is 1.42 bits per heavy atom. The van der Waals surface area contributed by atoms with Gasteiger partial charge in [0, 0.05) is 16.9 Å². The van der Waals surface area contributed by atoms with Gasteiger partial charge in [0.15, 0.2) is 11.3 Å². The second-order valence-corrected chi connectivity index (χ2v) is 11.0. The molecule has 0 spiro atoms. The van der Waals surface area contributed by atoms with Gasteiger partial charge in [0.05, 0.1) is 11.2 Å². The molecule has 5 rings (SSSR count). The van der Waals surface area contributed by atoms with Crippen LogP contribution < -0.4 is 20.7 Å². The van der Waals surface area contributed by atoms with Crippen LogP contribution in [-0.4, -0.2) is 65.4 Å². The molecule has 16 heteroatoms. The number of fused-ring (bicyclic) bond motifs is 2. The number of carboxylic acids is 1. The lowest BCUT2D eigenvalue weighted by molar-refractivity contribution is -0.582. The van der Waals surface area contributed by atoms with Crippen molar-refractivity contribution in [3.8, 4) is 0 Å². The number of aliphatic carboxylic acids is 1. The number of β-lactam (4-membered cyclic amide) rings is 1. The van der Waals surface area contributed by atoms with Gasteiger partial charge in [-0.25, -0.2) is 4.57 Å². The van der Waals surface area contributed by atoms with Crippen molar-refractivity contribution in [3.05, 3.63) is 35.1 Å². The Hall–Kier alpha value is -3.50. The molecule has 3 aromatic heterocycles. The molecule has 5 heterocycles. The second-order valence-electron chi connectivity index (χ2n) is 7.90. The summed E-state index contributed by atoms with van der Waals surface area (Å²) in [6, 6.07) is -0.992. The highest BCUT2D eigenvalue weighted by atomic mass is 32.2. The SMILES string of the molecule is CCO/N=C(\C(=O)N[C@@H]1C(=O)N2C(C(=O)[O-])=C([n+]3cc4scc(C)n4c3)C(C)S[C@H]12)c1nsc(N)n1. The summed E-state index contributed by atoms with van der Waals surface area (Å²) in [6.07, 6.45) is 3.60. The van der Waals surface area contributed by atoms with Crippen LogP contribution in [0.5, 0.6) is 0 Å². The van der Waals surface area contributed by atoms with Crippen LogP contribution in [0, 0.1) is 6.92 Å². The lowest BCUT2D eigenvalue weighted by atomic mass is 10.0. The van der Waals surface area contributed by atoms with Crippen LogP contribution >= 0.6 is 34.6 Å². The molecule has 2 amide bonds. The average molecular weight is 549 g/mol. The van der Waals surface area contributed by atoms with Gasteiger partial charge in [-0.2, -0.15) is 13.8 Å². The maximum atomic E-state index is 13.1. The average Bonchev–Trinajstić information content (AvgIpc) is 3.54. The predicted octanol–water partition coefficient (Wildman–Crippen LogP) is -0.822. The zero-order valence-electron chi connectivity index (χ0n) is 19.2. The van der Waals surface area contributed by atoms with Crippen molar-refractivity contribution in [2.45, 2.75) is 37.4 Å². The predicted molar refractivity (Wildman–Crippen MR) is 131 cm³/mol. The van der Waals surface area contributed by atoms with Crippen LogP contribution in [0.3, 0.4) is 0 Å². The first kappa shape index (κ1) is 24.2. The van der Waals surface area contributed by atoms with Gasteiger partial charge in [0.25, 0.3) is 18.1 Å². The number of carbonyl (C=O) groups is 3. The molecular weight excluding hydrogens is 528 g/mol. The molecule has 36 heavy (non-hydrogen) atoms. The number of hydrogen-bond donors (Lipinski definition) is 2. The molecule has 0 aliphatic carbocycles. The number of nitrogens with two attached hydrogens (primary N) is 1. The highest BCUT2D eigenvalue weighted by Gasteiger charge is 2.56. The number of anilines is 1. The van der Waals surface area contributed by atoms with E-state index in [4.69, 9.17) is 10.6 Å². The van der Waals surface area contributed by atoms with E-state index in [1.165, 1.54) is 23.1 Å². The summed E-state index contributed by atoms with van der Waals surface area (Å²) in [5.41, 5.74) is 6.59. The first-order chi connectivity index (χ1) is 17.2. The van der Waals surface area contributed by atoms with Crippen molar-refractivity contribution >= 4 is 73.8 Å². The standard InChI is InChI=1S/C20H20N8O5S3/c1-4-33-24-11(15-23-20(21)36-25-15)16(29)22-12-17(30)28-14(19(31)32)13(9(3)35-18(12)28)26-5-10-27(7-26)8(2)6-34-10/h5-7,9,12,18H,4H2,1-3H3,(H3-,21,22,23,25,29,31,32)/b24-11-/t9?,12-,18-/m1/s1. The topological polar surface area (TPSA) is 171 Å². The third-order valence-corrected chi connectivity index (χ3v) is 8.56. The van der Waals surface area contributed by atoms with E-state index in [1.807, 2.05) is 29.8 Å². The van der Waals surface area contributed by atoms with E-state index in [1.54, 1.807) is 17.8 Å². The molecule has 1 unspecified atom stereocenters. The number of carbonyl (C=O) groups excluding carboxylic acids is 3. The summed E-state index contributed by atoms with van der Waals surface area (Å²) in [6.45, 7) is 5.67. The number of imidazole rings is 1. The first-order valence-corrected chi connectivity index (χ1v) is 13.3. The Morgan fingerprint density at radius 2 is 2.19 bits per heavy atom. The second kappa shape index (κ2) is 9.18. The number of thioether (sulfide) groups is 1. The Bertz CT molecular complexity index is 1460. The number of oxime groups is 1. The summed E-state index contributed by atoms with van der Waals surface area (Å²) >= 11 is 3.76. The highest BCUT2D eigenvalue weighted by molar-refractivity contribution is 8.01. The summed E-state index contributed by atoms with van der Waals surface area (Å²) < 4.78 is 7.64. The van der Waals surface area contributed by atoms with Crippen molar-refractivity contribution < 1.29 is 28.9 Å². The zero-order chi connectivity index (χ0) is 25.7. The van der Waals surface area contributed by atoms with Crippen LogP contribution in [0.15, 0.2) is 28.8 Å². The molecule has 0 saturated carbocycles. The van der Waals surface area contributed by atoms with Gasteiger partial charge in [0.1, 0.15) is 35.1 Å². The highest BCUT2D eigenvalue weighted by Crippen LogP contribution is 2.44. The smallest absolute Gasteiger partial charge is 0.278 e. The van der Waals surface area contributed by atoms with E-state index in [-0.39, 0.29) is 34.2 Å². The molecule has 188 valence electrons. The van der Waals surface area contributed by atoms with Crippen molar-refractivity contribution in [2.75, 3.05) is 12.3 Å². The van der Waals surface area contributed by atoms with Gasteiger partial charge < -0.3 is 25.8 Å². The van der Waals surface area contributed by atoms with E-state index in [9.17, 15) is 19.5 Å². The van der Waals surface area contributed by atoms with Gasteiger partial charge in [-0.3, -0.25) is 14.5 Å². The lowest BCUT2D eigenvalue weighted by Gasteiger charge is -2.51. The quantitative estimate of drug-likeness (QED) is 0.166. The Kier molecular flexibility index (Phi) is 6.17. The van der Waals surface area contributed by atoms with Gasteiger partial charge in [-0.15, -0.1) is 11.8 Å². The van der Waals surface area contributed by atoms with Gasteiger partial charge >= 0.3 is 0 Å². The number of aryl methyl sites for hydroxylation is 1. The molecule has 3 aromatic rings. The number of amides is 2. The molecule has 3 atom stereocenters. The van der Waals surface area contributed by atoms with Crippen LogP contribution in [0.4, 0.5) is 5.13 Å². The van der Waals surface area contributed by atoms with E-state index >= 15 is 0 Å². The minimum atomic E-state index is -1.47. The Morgan fingerprint density at radius 3 is 2.83 bits per heavy atom. The number of hydrogen-bond acceptors (Lipinski definition) is 12. The van der Waals surface area contributed by atoms with Crippen LogP contribution in [-0.2, 0) is 19.2 Å².